The van der Waals surface area contributed by atoms with Crippen molar-refractivity contribution in [3.8, 4) is 6.07 Å². The monoisotopic (exact) mass is 307 g/mol. The summed E-state index contributed by atoms with van der Waals surface area (Å²) in [5, 5.41) is 24.0. The Morgan fingerprint density at radius 1 is 1.30 bits per heavy atom. The summed E-state index contributed by atoms with van der Waals surface area (Å²) in [5.41, 5.74) is 1.79. The average Bonchev–Trinajstić information content (AvgIpc) is 2.98. The second-order valence-electron chi connectivity index (χ2n) is 4.97. The number of rotatable bonds is 5. The first-order valence-corrected chi connectivity index (χ1v) is 7.03. The van der Waals surface area contributed by atoms with Gasteiger partial charge in [-0.1, -0.05) is 18.2 Å². The predicted octanol–water partition coefficient (Wildman–Crippen LogP) is 3.00. The Hall–Kier alpha value is -3.40. The number of para-hydroxylation sites is 1. The molecule has 0 amide bonds. The van der Waals surface area contributed by atoms with Gasteiger partial charge in [0.15, 0.2) is 0 Å². The van der Waals surface area contributed by atoms with Gasteiger partial charge in [0.1, 0.15) is 11.9 Å². The van der Waals surface area contributed by atoms with Crippen molar-refractivity contribution in [3.63, 3.8) is 0 Å². The van der Waals surface area contributed by atoms with Crippen LogP contribution in [0.5, 0.6) is 0 Å². The third kappa shape index (κ3) is 2.96. The molecule has 0 saturated carbocycles. The van der Waals surface area contributed by atoms with Crippen molar-refractivity contribution in [2.24, 2.45) is 0 Å². The maximum atomic E-state index is 10.8. The topological polar surface area (TPSA) is 108 Å². The highest BCUT2D eigenvalue weighted by Crippen LogP contribution is 2.20. The van der Waals surface area contributed by atoms with E-state index in [1.807, 2.05) is 24.4 Å². The van der Waals surface area contributed by atoms with Crippen molar-refractivity contribution >= 4 is 22.4 Å². The van der Waals surface area contributed by atoms with Gasteiger partial charge in [-0.3, -0.25) is 10.1 Å². The molecule has 3 aromatic rings. The molecule has 0 aliphatic carbocycles. The van der Waals surface area contributed by atoms with Gasteiger partial charge in [-0.2, -0.15) is 5.26 Å². The minimum atomic E-state index is -0.610. The van der Waals surface area contributed by atoms with Gasteiger partial charge in [-0.05, 0) is 24.1 Å². The Labute approximate surface area is 131 Å². The highest BCUT2D eigenvalue weighted by molar-refractivity contribution is 5.83. The average molecular weight is 307 g/mol. The van der Waals surface area contributed by atoms with E-state index in [-0.39, 0.29) is 11.4 Å². The third-order valence-corrected chi connectivity index (χ3v) is 3.55. The summed E-state index contributed by atoms with van der Waals surface area (Å²) in [6.45, 7) is 0.609. The molecule has 2 N–H and O–H groups in total. The molecular formula is C16H13N5O2. The Kier molecular flexibility index (Phi) is 3.89. The fraction of sp³-hybridized carbons (Fsp3) is 0.125. The van der Waals surface area contributed by atoms with Gasteiger partial charge in [0.25, 0.3) is 0 Å². The molecule has 0 radical (unpaired) electrons. The van der Waals surface area contributed by atoms with Gasteiger partial charge >= 0.3 is 5.69 Å². The van der Waals surface area contributed by atoms with Crippen molar-refractivity contribution in [2.75, 3.05) is 11.9 Å². The van der Waals surface area contributed by atoms with Crippen molar-refractivity contribution in [1.82, 2.24) is 9.97 Å². The van der Waals surface area contributed by atoms with Gasteiger partial charge in [0.05, 0.1) is 4.92 Å². The number of pyridine rings is 1. The van der Waals surface area contributed by atoms with Crippen LogP contribution in [0.4, 0.5) is 11.5 Å². The van der Waals surface area contributed by atoms with Crippen molar-refractivity contribution in [2.45, 2.75) is 6.42 Å². The molecule has 3 rings (SSSR count). The van der Waals surface area contributed by atoms with Crippen LogP contribution in [0.2, 0.25) is 0 Å². The maximum Gasteiger partial charge on any atom is 0.305 e. The number of aromatic amines is 1. The normalized spacial score (nSPS) is 10.4. The van der Waals surface area contributed by atoms with E-state index in [4.69, 9.17) is 5.26 Å². The quantitative estimate of drug-likeness (QED) is 0.556. The third-order valence-electron chi connectivity index (χ3n) is 3.55. The largest absolute Gasteiger partial charge is 0.370 e. The minimum absolute atomic E-state index is 0.188. The molecule has 7 heteroatoms. The summed E-state index contributed by atoms with van der Waals surface area (Å²) in [6.07, 6.45) is 2.74. The lowest BCUT2D eigenvalue weighted by Crippen LogP contribution is -2.07. The molecule has 114 valence electrons. The van der Waals surface area contributed by atoms with E-state index in [9.17, 15) is 10.1 Å². The highest BCUT2D eigenvalue weighted by Gasteiger charge is 2.15. The number of benzene rings is 1. The molecule has 0 aliphatic rings. The SMILES string of the molecule is N#Cc1nc(NCCc2c[nH]c3ccccc23)ccc1[N+](=O)[O-]. The molecule has 0 bridgehead atoms. The van der Waals surface area contributed by atoms with Gasteiger partial charge in [-0.15, -0.1) is 0 Å². The first-order valence-electron chi connectivity index (χ1n) is 7.03. The molecule has 2 aromatic heterocycles. The van der Waals surface area contributed by atoms with Gasteiger partial charge in [-0.25, -0.2) is 4.98 Å². The molecule has 1 aromatic carbocycles. The molecule has 7 nitrogen and oxygen atoms in total. The number of fused-ring (bicyclic) bond motifs is 1. The molecule has 0 fully saturated rings. The summed E-state index contributed by atoms with van der Waals surface area (Å²) in [6, 6.07) is 12.6. The number of H-pyrrole nitrogens is 1. The fourth-order valence-electron chi connectivity index (χ4n) is 2.44. The summed E-state index contributed by atoms with van der Waals surface area (Å²) in [7, 11) is 0. The van der Waals surface area contributed by atoms with Crippen LogP contribution in [0.3, 0.4) is 0 Å². The smallest absolute Gasteiger partial charge is 0.305 e. The van der Waals surface area contributed by atoms with Crippen LogP contribution < -0.4 is 5.32 Å². The fourth-order valence-corrected chi connectivity index (χ4v) is 2.44. The summed E-state index contributed by atoms with van der Waals surface area (Å²) in [5.74, 6) is 0.451. The molecule has 0 unspecified atom stereocenters. The first kappa shape index (κ1) is 14.5. The lowest BCUT2D eigenvalue weighted by molar-refractivity contribution is -0.385. The molecule has 23 heavy (non-hydrogen) atoms. The van der Waals surface area contributed by atoms with Crippen LogP contribution in [-0.4, -0.2) is 21.4 Å². The summed E-state index contributed by atoms with van der Waals surface area (Å²) in [4.78, 5) is 17.4. The molecule has 0 spiro atoms. The number of nitrogens with zero attached hydrogens (tertiary/aromatic N) is 3. The second kappa shape index (κ2) is 6.15. The molecule has 2 heterocycles. The van der Waals surface area contributed by atoms with Gasteiger partial charge < -0.3 is 10.3 Å². The lowest BCUT2D eigenvalue weighted by Gasteiger charge is -2.05. The van der Waals surface area contributed by atoms with Crippen LogP contribution >= 0.6 is 0 Å². The van der Waals surface area contributed by atoms with Crippen LogP contribution in [0.1, 0.15) is 11.3 Å². The van der Waals surface area contributed by atoms with Crippen molar-refractivity contribution in [3.05, 3.63) is 64.0 Å². The van der Waals surface area contributed by atoms with E-state index in [0.29, 0.717) is 12.4 Å². The number of nitriles is 1. The highest BCUT2D eigenvalue weighted by atomic mass is 16.6. The maximum absolute atomic E-state index is 10.8. The van der Waals surface area contributed by atoms with E-state index in [1.165, 1.54) is 23.1 Å². The first-order chi connectivity index (χ1) is 11.2. The summed E-state index contributed by atoms with van der Waals surface area (Å²) >= 11 is 0. The number of aromatic nitrogens is 2. The Morgan fingerprint density at radius 3 is 2.91 bits per heavy atom. The lowest BCUT2D eigenvalue weighted by atomic mass is 10.1. The van der Waals surface area contributed by atoms with E-state index in [1.54, 1.807) is 6.07 Å². The van der Waals surface area contributed by atoms with Crippen LogP contribution in [0, 0.1) is 21.4 Å². The second-order valence-corrected chi connectivity index (χ2v) is 4.97. The van der Waals surface area contributed by atoms with E-state index in [0.717, 1.165) is 11.9 Å². The van der Waals surface area contributed by atoms with Crippen molar-refractivity contribution in [1.29, 1.82) is 5.26 Å². The van der Waals surface area contributed by atoms with E-state index < -0.39 is 4.92 Å². The number of hydrogen-bond acceptors (Lipinski definition) is 5. The van der Waals surface area contributed by atoms with Crippen LogP contribution in [0.15, 0.2) is 42.6 Å². The standard InChI is InChI=1S/C16H13N5O2/c17-9-14-15(21(22)23)5-6-16(20-14)18-8-7-11-10-19-13-4-2-1-3-12(11)13/h1-6,10,19H,7-8H2,(H,18,20). The van der Waals surface area contributed by atoms with Crippen LogP contribution in [-0.2, 0) is 6.42 Å². The molecule has 0 aliphatic heterocycles. The Bertz CT molecular complexity index is 910. The van der Waals surface area contributed by atoms with Crippen LogP contribution in [0.25, 0.3) is 10.9 Å². The molecule has 0 atom stereocenters. The predicted molar refractivity (Wildman–Crippen MR) is 86.1 cm³/mol. The van der Waals surface area contributed by atoms with Gasteiger partial charge in [0.2, 0.25) is 5.69 Å². The zero-order valence-corrected chi connectivity index (χ0v) is 12.1. The zero-order valence-electron chi connectivity index (χ0n) is 12.1. The minimum Gasteiger partial charge on any atom is -0.370 e. The van der Waals surface area contributed by atoms with E-state index >= 15 is 0 Å². The van der Waals surface area contributed by atoms with E-state index in [2.05, 4.69) is 21.4 Å². The Balaban J connectivity index is 1.69. The zero-order chi connectivity index (χ0) is 16.2. The number of nitrogens with one attached hydrogen (secondary N) is 2. The molecule has 0 saturated heterocycles. The molecular weight excluding hydrogens is 294 g/mol. The number of anilines is 1. The Morgan fingerprint density at radius 2 is 2.13 bits per heavy atom. The van der Waals surface area contributed by atoms with Crippen molar-refractivity contribution < 1.29 is 4.92 Å². The van der Waals surface area contributed by atoms with Gasteiger partial charge in [0, 0.05) is 29.7 Å². The number of hydrogen-bond donors (Lipinski definition) is 2. The number of nitro groups is 1. The summed E-state index contributed by atoms with van der Waals surface area (Å²) < 4.78 is 0.